The Hall–Kier alpha value is -1.14. The average molecular weight is 327 g/mol. The number of aromatic nitrogens is 1. The van der Waals surface area contributed by atoms with Gasteiger partial charge in [0.05, 0.1) is 16.5 Å². The van der Waals surface area contributed by atoms with E-state index >= 15 is 0 Å². The van der Waals surface area contributed by atoms with Crippen LogP contribution < -0.4 is 5.32 Å². The number of nitrogens with zero attached hydrogens (tertiary/aromatic N) is 1. The van der Waals surface area contributed by atoms with E-state index < -0.39 is 0 Å². The van der Waals surface area contributed by atoms with E-state index in [-0.39, 0.29) is 5.82 Å². The number of benzene rings is 1. The zero-order chi connectivity index (χ0) is 15.1. The van der Waals surface area contributed by atoms with Crippen LogP contribution in [0.5, 0.6) is 0 Å². The molecule has 21 heavy (non-hydrogen) atoms. The van der Waals surface area contributed by atoms with Gasteiger partial charge in [0.2, 0.25) is 0 Å². The Kier molecular flexibility index (Phi) is 6.45. The first-order valence-corrected chi connectivity index (χ1v) is 7.67. The largest absolute Gasteiger partial charge is 0.383 e. The summed E-state index contributed by atoms with van der Waals surface area (Å²) in [6, 6.07) is 8.53. The SMILES string of the molecule is COCCNCc1cccc(F)c1Sc1ncccc1Cl. The molecule has 2 rings (SSSR count). The second kappa shape index (κ2) is 8.34. The minimum absolute atomic E-state index is 0.271. The molecule has 1 aromatic carbocycles. The van der Waals surface area contributed by atoms with Crippen molar-refractivity contribution >= 4 is 23.4 Å². The average Bonchev–Trinajstić information content (AvgIpc) is 2.49. The third-order valence-corrected chi connectivity index (χ3v) is 4.37. The summed E-state index contributed by atoms with van der Waals surface area (Å²) in [7, 11) is 1.65. The summed E-state index contributed by atoms with van der Waals surface area (Å²) in [6.07, 6.45) is 1.64. The minimum atomic E-state index is -0.271. The lowest BCUT2D eigenvalue weighted by atomic mass is 10.2. The zero-order valence-electron chi connectivity index (χ0n) is 11.6. The standard InChI is InChI=1S/C15H16ClFN2OS/c1-20-9-8-18-10-11-4-2-6-13(17)14(11)21-15-12(16)5-3-7-19-15/h2-7,18H,8-10H2,1H3. The fourth-order valence-electron chi connectivity index (χ4n) is 1.75. The van der Waals surface area contributed by atoms with Gasteiger partial charge in [0.15, 0.2) is 0 Å². The maximum absolute atomic E-state index is 14.1. The van der Waals surface area contributed by atoms with Crippen molar-refractivity contribution in [3.63, 3.8) is 0 Å². The van der Waals surface area contributed by atoms with Crippen LogP contribution in [0, 0.1) is 5.82 Å². The molecule has 0 unspecified atom stereocenters. The number of hydrogen-bond donors (Lipinski definition) is 1. The van der Waals surface area contributed by atoms with E-state index in [9.17, 15) is 4.39 Å². The summed E-state index contributed by atoms with van der Waals surface area (Å²) in [4.78, 5) is 4.73. The maximum atomic E-state index is 14.1. The smallest absolute Gasteiger partial charge is 0.137 e. The molecule has 6 heteroatoms. The van der Waals surface area contributed by atoms with Crippen LogP contribution in [-0.2, 0) is 11.3 Å². The Bertz CT molecular complexity index is 598. The number of hydrogen-bond acceptors (Lipinski definition) is 4. The summed E-state index contributed by atoms with van der Waals surface area (Å²) >= 11 is 7.33. The summed E-state index contributed by atoms with van der Waals surface area (Å²) in [5, 5.41) is 4.33. The topological polar surface area (TPSA) is 34.1 Å². The summed E-state index contributed by atoms with van der Waals surface area (Å²) < 4.78 is 19.1. The molecule has 2 aromatic rings. The van der Waals surface area contributed by atoms with Crippen LogP contribution in [0.25, 0.3) is 0 Å². The van der Waals surface area contributed by atoms with Crippen LogP contribution in [0.1, 0.15) is 5.56 Å². The van der Waals surface area contributed by atoms with Gasteiger partial charge in [-0.2, -0.15) is 0 Å². The fraction of sp³-hybridized carbons (Fsp3) is 0.267. The van der Waals surface area contributed by atoms with Crippen LogP contribution >= 0.6 is 23.4 Å². The van der Waals surface area contributed by atoms with E-state index in [1.807, 2.05) is 6.07 Å². The lowest BCUT2D eigenvalue weighted by Crippen LogP contribution is -2.19. The molecule has 0 amide bonds. The van der Waals surface area contributed by atoms with Crippen LogP contribution in [0.15, 0.2) is 46.5 Å². The van der Waals surface area contributed by atoms with Gasteiger partial charge in [0, 0.05) is 26.4 Å². The van der Waals surface area contributed by atoms with Gasteiger partial charge in [-0.3, -0.25) is 0 Å². The highest BCUT2D eigenvalue weighted by Gasteiger charge is 2.12. The highest BCUT2D eigenvalue weighted by molar-refractivity contribution is 7.99. The van der Waals surface area contributed by atoms with Crippen LogP contribution in [-0.4, -0.2) is 25.2 Å². The number of ether oxygens (including phenoxy) is 1. The Labute approximate surface area is 132 Å². The molecular weight excluding hydrogens is 311 g/mol. The molecule has 1 heterocycles. The van der Waals surface area contributed by atoms with E-state index in [0.29, 0.717) is 34.6 Å². The molecule has 1 N–H and O–H groups in total. The molecule has 0 saturated heterocycles. The van der Waals surface area contributed by atoms with Crippen LogP contribution in [0.4, 0.5) is 4.39 Å². The third kappa shape index (κ3) is 4.68. The first kappa shape index (κ1) is 16.2. The molecule has 112 valence electrons. The van der Waals surface area contributed by atoms with E-state index in [1.54, 1.807) is 31.5 Å². The van der Waals surface area contributed by atoms with Gasteiger partial charge in [0.25, 0.3) is 0 Å². The summed E-state index contributed by atoms with van der Waals surface area (Å²) in [5.74, 6) is -0.271. The van der Waals surface area contributed by atoms with Crippen molar-refractivity contribution in [2.45, 2.75) is 16.5 Å². The molecule has 0 fully saturated rings. The van der Waals surface area contributed by atoms with Crippen molar-refractivity contribution in [2.75, 3.05) is 20.3 Å². The Balaban J connectivity index is 2.16. The predicted molar refractivity (Wildman–Crippen MR) is 83.4 cm³/mol. The van der Waals surface area contributed by atoms with Gasteiger partial charge in [-0.1, -0.05) is 35.5 Å². The van der Waals surface area contributed by atoms with Gasteiger partial charge in [-0.05, 0) is 23.8 Å². The summed E-state index contributed by atoms with van der Waals surface area (Å²) in [6.45, 7) is 1.89. The van der Waals surface area contributed by atoms with Gasteiger partial charge >= 0.3 is 0 Å². The highest BCUT2D eigenvalue weighted by atomic mass is 35.5. The minimum Gasteiger partial charge on any atom is -0.383 e. The van der Waals surface area contributed by atoms with E-state index in [1.165, 1.54) is 17.8 Å². The first-order valence-electron chi connectivity index (χ1n) is 6.47. The molecule has 0 saturated carbocycles. The predicted octanol–water partition coefficient (Wildman–Crippen LogP) is 3.76. The first-order chi connectivity index (χ1) is 10.2. The van der Waals surface area contributed by atoms with Crippen molar-refractivity contribution in [2.24, 2.45) is 0 Å². The number of methoxy groups -OCH3 is 1. The quantitative estimate of drug-likeness (QED) is 0.786. The van der Waals surface area contributed by atoms with Crippen molar-refractivity contribution in [1.29, 1.82) is 0 Å². The van der Waals surface area contributed by atoms with Crippen LogP contribution in [0.2, 0.25) is 5.02 Å². The molecule has 0 atom stereocenters. The molecule has 1 aromatic heterocycles. The normalized spacial score (nSPS) is 10.8. The summed E-state index contributed by atoms with van der Waals surface area (Å²) in [5.41, 5.74) is 0.873. The third-order valence-electron chi connectivity index (χ3n) is 2.77. The Morgan fingerprint density at radius 3 is 2.95 bits per heavy atom. The van der Waals surface area contributed by atoms with Gasteiger partial charge in [0.1, 0.15) is 10.8 Å². The van der Waals surface area contributed by atoms with E-state index in [4.69, 9.17) is 16.3 Å². The van der Waals surface area contributed by atoms with Gasteiger partial charge < -0.3 is 10.1 Å². The Morgan fingerprint density at radius 2 is 2.19 bits per heavy atom. The van der Waals surface area contributed by atoms with Crippen molar-refractivity contribution in [3.8, 4) is 0 Å². The fourth-order valence-corrected chi connectivity index (χ4v) is 2.89. The van der Waals surface area contributed by atoms with Gasteiger partial charge in [-0.15, -0.1) is 0 Å². The lowest BCUT2D eigenvalue weighted by molar-refractivity contribution is 0.199. The number of halogens is 2. The maximum Gasteiger partial charge on any atom is 0.137 e. The lowest BCUT2D eigenvalue weighted by Gasteiger charge is -2.11. The molecular formula is C15H16ClFN2OS. The molecule has 0 aliphatic rings. The van der Waals surface area contributed by atoms with Crippen molar-refractivity contribution < 1.29 is 9.13 Å². The number of nitrogens with one attached hydrogen (secondary N) is 1. The van der Waals surface area contributed by atoms with Gasteiger partial charge in [-0.25, -0.2) is 9.37 Å². The molecule has 3 nitrogen and oxygen atoms in total. The molecule has 0 aliphatic carbocycles. The zero-order valence-corrected chi connectivity index (χ0v) is 13.2. The molecule has 0 aliphatic heterocycles. The monoisotopic (exact) mass is 326 g/mol. The Morgan fingerprint density at radius 1 is 1.33 bits per heavy atom. The second-order valence-corrected chi connectivity index (χ2v) is 5.70. The molecule has 0 spiro atoms. The van der Waals surface area contributed by atoms with E-state index in [0.717, 1.165) is 5.56 Å². The van der Waals surface area contributed by atoms with Crippen molar-refractivity contribution in [3.05, 3.63) is 52.9 Å². The molecule has 0 radical (unpaired) electrons. The number of rotatable bonds is 7. The molecule has 0 bridgehead atoms. The number of pyridine rings is 1. The van der Waals surface area contributed by atoms with E-state index in [2.05, 4.69) is 10.3 Å². The van der Waals surface area contributed by atoms with Crippen molar-refractivity contribution in [1.82, 2.24) is 10.3 Å². The van der Waals surface area contributed by atoms with Crippen LogP contribution in [0.3, 0.4) is 0 Å². The second-order valence-electron chi connectivity index (χ2n) is 4.29. The highest BCUT2D eigenvalue weighted by Crippen LogP contribution is 2.35.